The van der Waals surface area contributed by atoms with E-state index in [0.29, 0.717) is 6.42 Å². The molecule has 2 nitrogen and oxygen atoms in total. The number of allylic oxidation sites excluding steroid dienone is 2. The van der Waals surface area contributed by atoms with Crippen LogP contribution < -0.4 is 0 Å². The summed E-state index contributed by atoms with van der Waals surface area (Å²) in [6.07, 6.45) is 3.27. The molecular weight excluding hydrogens is 208 g/mol. The maximum absolute atomic E-state index is 10.6. The summed E-state index contributed by atoms with van der Waals surface area (Å²) in [6.45, 7) is 2.02. The molecule has 0 radical (unpaired) electrons. The van der Waals surface area contributed by atoms with Gasteiger partial charge in [-0.15, -0.1) is 0 Å². The molecule has 0 aromatic carbocycles. The van der Waals surface area contributed by atoms with Crippen LogP contribution in [-0.4, -0.2) is 18.4 Å². The smallest absolute Gasteiger partial charge is 0.305 e. The Morgan fingerprint density at radius 3 is 2.73 bits per heavy atom. The van der Waals surface area contributed by atoms with Gasteiger partial charge in [-0.2, -0.15) is 0 Å². The van der Waals surface area contributed by atoms with Crippen LogP contribution in [0.25, 0.3) is 0 Å². The standard InChI is InChI=1S/C8H13BrO2/c1-7(6-9)4-3-5-8(10)11-2/h4H,3,5-6H2,1-2H3/b7-4+. The molecular formula is C8H13BrO2. The summed E-state index contributed by atoms with van der Waals surface area (Å²) >= 11 is 3.31. The van der Waals surface area contributed by atoms with Crippen LogP contribution in [0.2, 0.25) is 0 Å². The van der Waals surface area contributed by atoms with Crippen LogP contribution in [0.4, 0.5) is 0 Å². The molecule has 0 amide bonds. The zero-order chi connectivity index (χ0) is 8.69. The minimum Gasteiger partial charge on any atom is -0.469 e. The van der Waals surface area contributed by atoms with Crippen LogP contribution in [0.1, 0.15) is 19.8 Å². The van der Waals surface area contributed by atoms with Gasteiger partial charge in [-0.3, -0.25) is 4.79 Å². The fourth-order valence-electron chi connectivity index (χ4n) is 0.593. The Balaban J connectivity index is 3.48. The van der Waals surface area contributed by atoms with Crippen molar-refractivity contribution in [2.24, 2.45) is 0 Å². The summed E-state index contributed by atoms with van der Waals surface area (Å²) in [4.78, 5) is 10.6. The van der Waals surface area contributed by atoms with Gasteiger partial charge in [0.2, 0.25) is 0 Å². The molecule has 64 valence electrons. The number of carbonyl (C=O) groups is 1. The molecule has 0 aliphatic heterocycles. The lowest BCUT2D eigenvalue weighted by atomic mass is 10.2. The summed E-state index contributed by atoms with van der Waals surface area (Å²) in [7, 11) is 1.41. The van der Waals surface area contributed by atoms with Gasteiger partial charge in [0.25, 0.3) is 0 Å². The van der Waals surface area contributed by atoms with Crippen molar-refractivity contribution in [2.45, 2.75) is 19.8 Å². The van der Waals surface area contributed by atoms with E-state index in [-0.39, 0.29) is 5.97 Å². The lowest BCUT2D eigenvalue weighted by molar-refractivity contribution is -0.140. The Hall–Kier alpha value is -0.310. The summed E-state index contributed by atoms with van der Waals surface area (Å²) in [5.41, 5.74) is 1.24. The molecule has 0 saturated carbocycles. The van der Waals surface area contributed by atoms with Crippen LogP contribution in [0.3, 0.4) is 0 Å². The van der Waals surface area contributed by atoms with E-state index in [4.69, 9.17) is 0 Å². The number of methoxy groups -OCH3 is 1. The van der Waals surface area contributed by atoms with Crippen molar-refractivity contribution in [3.8, 4) is 0 Å². The lowest BCUT2D eigenvalue weighted by Gasteiger charge is -1.95. The first-order chi connectivity index (χ1) is 5.20. The number of rotatable bonds is 4. The first-order valence-corrected chi connectivity index (χ1v) is 4.61. The molecule has 0 bridgehead atoms. The van der Waals surface area contributed by atoms with Crippen molar-refractivity contribution >= 4 is 21.9 Å². The van der Waals surface area contributed by atoms with Gasteiger partial charge in [0.1, 0.15) is 0 Å². The molecule has 3 heteroatoms. The molecule has 0 N–H and O–H groups in total. The number of carbonyl (C=O) groups excluding carboxylic acids is 1. The molecule has 0 atom stereocenters. The van der Waals surface area contributed by atoms with Gasteiger partial charge in [0, 0.05) is 11.8 Å². The Bertz CT molecular complexity index is 152. The van der Waals surface area contributed by atoms with Gasteiger partial charge >= 0.3 is 5.97 Å². The molecule has 11 heavy (non-hydrogen) atoms. The minimum atomic E-state index is -0.149. The number of halogens is 1. The van der Waals surface area contributed by atoms with E-state index >= 15 is 0 Å². The van der Waals surface area contributed by atoms with E-state index in [1.807, 2.05) is 13.0 Å². The van der Waals surface area contributed by atoms with Crippen molar-refractivity contribution in [2.75, 3.05) is 12.4 Å². The van der Waals surface area contributed by atoms with Gasteiger partial charge in [-0.25, -0.2) is 0 Å². The van der Waals surface area contributed by atoms with Crippen molar-refractivity contribution in [1.82, 2.24) is 0 Å². The van der Waals surface area contributed by atoms with E-state index in [1.54, 1.807) is 0 Å². The topological polar surface area (TPSA) is 26.3 Å². The highest BCUT2D eigenvalue weighted by molar-refractivity contribution is 9.09. The average molecular weight is 221 g/mol. The van der Waals surface area contributed by atoms with E-state index in [2.05, 4.69) is 20.7 Å². The summed E-state index contributed by atoms with van der Waals surface area (Å²) in [5.74, 6) is -0.149. The van der Waals surface area contributed by atoms with Gasteiger partial charge < -0.3 is 4.74 Å². The zero-order valence-electron chi connectivity index (χ0n) is 6.89. The predicted octanol–water partition coefficient (Wildman–Crippen LogP) is 2.28. The van der Waals surface area contributed by atoms with E-state index in [1.165, 1.54) is 12.7 Å². The molecule has 0 spiro atoms. The van der Waals surface area contributed by atoms with Gasteiger partial charge in [-0.1, -0.05) is 27.6 Å². The van der Waals surface area contributed by atoms with Crippen LogP contribution in [0.15, 0.2) is 11.6 Å². The first kappa shape index (κ1) is 10.7. The second kappa shape index (κ2) is 6.40. The number of esters is 1. The third-order valence-corrected chi connectivity index (χ3v) is 2.16. The van der Waals surface area contributed by atoms with E-state index in [9.17, 15) is 4.79 Å². The Morgan fingerprint density at radius 2 is 2.27 bits per heavy atom. The van der Waals surface area contributed by atoms with Crippen molar-refractivity contribution in [3.63, 3.8) is 0 Å². The summed E-state index contributed by atoms with van der Waals surface area (Å²) in [5, 5.41) is 0.869. The number of hydrogen-bond donors (Lipinski definition) is 0. The highest BCUT2D eigenvalue weighted by Gasteiger charge is 1.96. The quantitative estimate of drug-likeness (QED) is 0.413. The van der Waals surface area contributed by atoms with Crippen molar-refractivity contribution < 1.29 is 9.53 Å². The normalized spacial score (nSPS) is 11.4. The maximum atomic E-state index is 10.6. The molecule has 0 aliphatic carbocycles. The minimum absolute atomic E-state index is 0.149. The molecule has 0 rings (SSSR count). The predicted molar refractivity (Wildman–Crippen MR) is 48.8 cm³/mol. The third kappa shape index (κ3) is 6.10. The van der Waals surface area contributed by atoms with Gasteiger partial charge in [0.05, 0.1) is 7.11 Å². The average Bonchev–Trinajstić information content (AvgIpc) is 2.04. The molecule has 0 aromatic heterocycles. The molecule has 0 aliphatic rings. The van der Waals surface area contributed by atoms with E-state index in [0.717, 1.165) is 11.8 Å². The number of ether oxygens (including phenoxy) is 1. The first-order valence-electron chi connectivity index (χ1n) is 3.49. The van der Waals surface area contributed by atoms with Crippen LogP contribution in [-0.2, 0) is 9.53 Å². The van der Waals surface area contributed by atoms with Crippen molar-refractivity contribution in [1.29, 1.82) is 0 Å². The zero-order valence-corrected chi connectivity index (χ0v) is 8.48. The molecule has 0 unspecified atom stereocenters. The Kier molecular flexibility index (Phi) is 6.22. The highest BCUT2D eigenvalue weighted by Crippen LogP contribution is 2.01. The Labute approximate surface area is 75.7 Å². The largest absolute Gasteiger partial charge is 0.469 e. The van der Waals surface area contributed by atoms with Crippen LogP contribution >= 0.6 is 15.9 Å². The molecule has 0 heterocycles. The fraction of sp³-hybridized carbons (Fsp3) is 0.625. The number of alkyl halides is 1. The summed E-state index contributed by atoms with van der Waals surface area (Å²) < 4.78 is 4.49. The second-order valence-corrected chi connectivity index (χ2v) is 2.86. The summed E-state index contributed by atoms with van der Waals surface area (Å²) in [6, 6.07) is 0. The molecule has 0 aromatic rings. The fourth-order valence-corrected chi connectivity index (χ4v) is 0.822. The SMILES string of the molecule is COC(=O)CC/C=C(\C)CBr. The maximum Gasteiger partial charge on any atom is 0.305 e. The number of hydrogen-bond acceptors (Lipinski definition) is 2. The third-order valence-electron chi connectivity index (χ3n) is 1.28. The second-order valence-electron chi connectivity index (χ2n) is 2.30. The Morgan fingerprint density at radius 1 is 1.64 bits per heavy atom. The van der Waals surface area contributed by atoms with E-state index < -0.39 is 0 Å². The monoisotopic (exact) mass is 220 g/mol. The van der Waals surface area contributed by atoms with Crippen LogP contribution in [0.5, 0.6) is 0 Å². The molecule has 0 saturated heterocycles. The highest BCUT2D eigenvalue weighted by atomic mass is 79.9. The van der Waals surface area contributed by atoms with Crippen LogP contribution in [0, 0.1) is 0 Å². The van der Waals surface area contributed by atoms with Gasteiger partial charge in [0.15, 0.2) is 0 Å². The van der Waals surface area contributed by atoms with Crippen molar-refractivity contribution in [3.05, 3.63) is 11.6 Å². The molecule has 0 fully saturated rings. The van der Waals surface area contributed by atoms with Gasteiger partial charge in [-0.05, 0) is 13.3 Å². The lowest BCUT2D eigenvalue weighted by Crippen LogP contribution is -1.98.